The molecule has 2 aliphatic rings. The van der Waals surface area contributed by atoms with Crippen molar-refractivity contribution in [2.24, 2.45) is 0 Å². The summed E-state index contributed by atoms with van der Waals surface area (Å²) in [6.45, 7) is 11.0. The third kappa shape index (κ3) is 7.35. The molecule has 2 bridgehead atoms. The van der Waals surface area contributed by atoms with Crippen LogP contribution in [-0.4, -0.2) is 86.1 Å². The van der Waals surface area contributed by atoms with Crippen molar-refractivity contribution in [2.75, 3.05) is 52.4 Å². The summed E-state index contributed by atoms with van der Waals surface area (Å²) >= 11 is 0. The second-order valence-electron chi connectivity index (χ2n) is 8.93. The van der Waals surface area contributed by atoms with Crippen LogP contribution in [0.4, 0.5) is 9.18 Å². The Kier molecular flexibility index (Phi) is 7.70. The second-order valence-corrected chi connectivity index (χ2v) is 8.93. The average Bonchev–Trinajstić information content (AvgIpc) is 2.67. The lowest BCUT2D eigenvalue weighted by Gasteiger charge is -2.45. The Labute approximate surface area is 182 Å². The fraction of sp³-hybridized carbons (Fsp3) is 0.636. The van der Waals surface area contributed by atoms with Crippen molar-refractivity contribution >= 4 is 6.09 Å². The number of rotatable bonds is 7. The van der Waals surface area contributed by atoms with Gasteiger partial charge in [0, 0.05) is 45.8 Å². The number of alkyl carbamates (subject to hydrolysis) is 1. The minimum atomic E-state index is -0.520. The number of nitriles is 1. The zero-order valence-corrected chi connectivity index (χ0v) is 18.4. The highest BCUT2D eigenvalue weighted by Crippen LogP contribution is 2.20. The molecule has 3 rings (SSSR count). The van der Waals surface area contributed by atoms with E-state index in [1.165, 1.54) is 12.1 Å². The van der Waals surface area contributed by atoms with Crippen molar-refractivity contribution in [2.45, 2.75) is 38.6 Å². The molecule has 0 spiro atoms. The highest BCUT2D eigenvalue weighted by Gasteiger charge is 2.34. The van der Waals surface area contributed by atoms with Gasteiger partial charge in [-0.3, -0.25) is 9.80 Å². The van der Waals surface area contributed by atoms with Crippen molar-refractivity contribution in [3.05, 3.63) is 29.6 Å². The number of halogens is 1. The first-order valence-electron chi connectivity index (χ1n) is 10.6. The molecule has 2 saturated heterocycles. The van der Waals surface area contributed by atoms with Gasteiger partial charge in [-0.25, -0.2) is 9.18 Å². The molecule has 0 radical (unpaired) electrons. The Morgan fingerprint density at radius 3 is 2.45 bits per heavy atom. The molecule has 0 aliphatic carbocycles. The van der Waals surface area contributed by atoms with E-state index in [-0.39, 0.29) is 23.5 Å². The summed E-state index contributed by atoms with van der Waals surface area (Å²) < 4.78 is 30.8. The fourth-order valence-corrected chi connectivity index (χ4v) is 3.83. The maximum absolute atomic E-state index is 13.9. The molecule has 8 nitrogen and oxygen atoms in total. The molecule has 1 aromatic rings. The molecule has 31 heavy (non-hydrogen) atoms. The number of morpholine rings is 2. The maximum Gasteiger partial charge on any atom is 0.407 e. The number of amides is 1. The van der Waals surface area contributed by atoms with Crippen LogP contribution in [0.15, 0.2) is 18.2 Å². The summed E-state index contributed by atoms with van der Waals surface area (Å²) in [5.41, 5.74) is -0.226. The number of carbonyl (C=O) groups excluding carboxylic acids is 1. The van der Waals surface area contributed by atoms with Gasteiger partial charge in [0.05, 0.1) is 23.8 Å². The van der Waals surface area contributed by atoms with Gasteiger partial charge in [-0.05, 0) is 39.0 Å². The molecule has 9 heteroatoms. The van der Waals surface area contributed by atoms with E-state index in [0.29, 0.717) is 19.7 Å². The standard InChI is InChI=1S/C22H31FN4O4/c1-22(2,3)31-21(28)25-6-7-26-12-17-14-27(15-18(13-26)30-17)8-9-29-20-5-4-16(11-24)10-19(20)23/h4-5,10,17-18H,6-9,12-15H2,1-3H3,(H,25,28). The topological polar surface area (TPSA) is 87.1 Å². The lowest BCUT2D eigenvalue weighted by atomic mass is 10.1. The third-order valence-electron chi connectivity index (χ3n) is 5.05. The van der Waals surface area contributed by atoms with Gasteiger partial charge >= 0.3 is 6.09 Å². The van der Waals surface area contributed by atoms with E-state index >= 15 is 0 Å². The summed E-state index contributed by atoms with van der Waals surface area (Å²) in [5.74, 6) is -0.357. The van der Waals surface area contributed by atoms with Gasteiger partial charge < -0.3 is 19.5 Å². The van der Waals surface area contributed by atoms with E-state index in [1.54, 1.807) is 6.07 Å². The first-order valence-corrected chi connectivity index (χ1v) is 10.6. The van der Waals surface area contributed by atoms with Crippen molar-refractivity contribution in [1.29, 1.82) is 5.26 Å². The second kappa shape index (κ2) is 10.3. The highest BCUT2D eigenvalue weighted by molar-refractivity contribution is 5.67. The lowest BCUT2D eigenvalue weighted by molar-refractivity contribution is -0.139. The Morgan fingerprint density at radius 1 is 1.23 bits per heavy atom. The zero-order chi connectivity index (χ0) is 22.4. The van der Waals surface area contributed by atoms with Crippen LogP contribution in [0.5, 0.6) is 5.75 Å². The van der Waals surface area contributed by atoms with Gasteiger partial charge in [0.2, 0.25) is 0 Å². The summed E-state index contributed by atoms with van der Waals surface area (Å²) in [5, 5.41) is 11.6. The van der Waals surface area contributed by atoms with Gasteiger partial charge in [0.15, 0.2) is 11.6 Å². The van der Waals surface area contributed by atoms with Crippen LogP contribution in [-0.2, 0) is 9.47 Å². The van der Waals surface area contributed by atoms with E-state index in [2.05, 4.69) is 15.1 Å². The molecular formula is C22H31FN4O4. The van der Waals surface area contributed by atoms with Gasteiger partial charge in [-0.1, -0.05) is 0 Å². The Balaban J connectivity index is 1.37. The Hall–Kier alpha value is -2.41. The average molecular weight is 435 g/mol. The number of nitrogens with one attached hydrogen (secondary N) is 1. The minimum Gasteiger partial charge on any atom is -0.489 e. The number of ether oxygens (including phenoxy) is 3. The molecule has 2 heterocycles. The number of fused-ring (bicyclic) bond motifs is 2. The zero-order valence-electron chi connectivity index (χ0n) is 18.4. The molecule has 1 amide bonds. The highest BCUT2D eigenvalue weighted by atomic mass is 19.1. The third-order valence-corrected chi connectivity index (χ3v) is 5.05. The van der Waals surface area contributed by atoms with Gasteiger partial charge in [0.1, 0.15) is 12.2 Å². The first-order chi connectivity index (χ1) is 14.7. The minimum absolute atomic E-state index is 0.0978. The van der Waals surface area contributed by atoms with Crippen molar-refractivity contribution in [3.63, 3.8) is 0 Å². The molecular weight excluding hydrogens is 403 g/mol. The number of carbonyl (C=O) groups is 1. The molecule has 0 saturated carbocycles. The molecule has 2 atom stereocenters. The monoisotopic (exact) mass is 434 g/mol. The smallest absolute Gasteiger partial charge is 0.407 e. The Bertz CT molecular complexity index is 794. The lowest BCUT2D eigenvalue weighted by Crippen LogP contribution is -2.60. The van der Waals surface area contributed by atoms with Crippen molar-refractivity contribution in [3.8, 4) is 11.8 Å². The van der Waals surface area contributed by atoms with Crippen LogP contribution >= 0.6 is 0 Å². The van der Waals surface area contributed by atoms with E-state index in [0.717, 1.165) is 32.7 Å². The van der Waals surface area contributed by atoms with Crippen LogP contribution in [0.25, 0.3) is 0 Å². The molecule has 2 unspecified atom stereocenters. The van der Waals surface area contributed by atoms with E-state index in [4.69, 9.17) is 19.5 Å². The largest absolute Gasteiger partial charge is 0.489 e. The van der Waals surface area contributed by atoms with Gasteiger partial charge in [-0.15, -0.1) is 0 Å². The molecule has 2 fully saturated rings. The maximum atomic E-state index is 13.9. The molecule has 2 aliphatic heterocycles. The van der Waals surface area contributed by atoms with Crippen LogP contribution in [0.3, 0.4) is 0 Å². The van der Waals surface area contributed by atoms with E-state index in [9.17, 15) is 9.18 Å². The SMILES string of the molecule is CC(C)(C)OC(=O)NCCN1CC2CN(CCOc3ccc(C#N)cc3F)CC(C1)O2. The summed E-state index contributed by atoms with van der Waals surface area (Å²) in [6, 6.07) is 6.13. The molecule has 1 N–H and O–H groups in total. The fourth-order valence-electron chi connectivity index (χ4n) is 3.83. The molecule has 1 aromatic carbocycles. The van der Waals surface area contributed by atoms with Crippen LogP contribution < -0.4 is 10.1 Å². The van der Waals surface area contributed by atoms with Crippen LogP contribution in [0.1, 0.15) is 26.3 Å². The van der Waals surface area contributed by atoms with Crippen molar-refractivity contribution < 1.29 is 23.4 Å². The summed E-state index contributed by atoms with van der Waals surface area (Å²) in [4.78, 5) is 16.3. The first kappa shape index (κ1) is 23.3. The molecule has 170 valence electrons. The summed E-state index contributed by atoms with van der Waals surface area (Å²) in [7, 11) is 0. The van der Waals surface area contributed by atoms with E-state index < -0.39 is 17.5 Å². The van der Waals surface area contributed by atoms with Gasteiger partial charge in [-0.2, -0.15) is 5.26 Å². The summed E-state index contributed by atoms with van der Waals surface area (Å²) in [6.07, 6.45) is -0.202. The van der Waals surface area contributed by atoms with Crippen LogP contribution in [0, 0.1) is 17.1 Å². The number of nitrogens with zero attached hydrogens (tertiary/aromatic N) is 3. The van der Waals surface area contributed by atoms with Crippen molar-refractivity contribution in [1.82, 2.24) is 15.1 Å². The van der Waals surface area contributed by atoms with Crippen LogP contribution in [0.2, 0.25) is 0 Å². The van der Waals surface area contributed by atoms with Gasteiger partial charge in [0.25, 0.3) is 0 Å². The molecule has 0 aromatic heterocycles. The Morgan fingerprint density at radius 2 is 1.87 bits per heavy atom. The van der Waals surface area contributed by atoms with E-state index in [1.807, 2.05) is 26.8 Å². The number of hydrogen-bond donors (Lipinski definition) is 1. The number of hydrogen-bond acceptors (Lipinski definition) is 7. The predicted molar refractivity (Wildman–Crippen MR) is 112 cm³/mol. The quantitative estimate of drug-likeness (QED) is 0.702. The predicted octanol–water partition coefficient (Wildman–Crippen LogP) is 1.99. The normalized spacial score (nSPS) is 21.9. The number of benzene rings is 1.